The fraction of sp³-hybridized carbons (Fsp3) is 0.538. The van der Waals surface area contributed by atoms with Crippen LogP contribution in [0.2, 0.25) is 0 Å². The zero-order valence-electron chi connectivity index (χ0n) is 12.0. The highest BCUT2D eigenvalue weighted by Crippen LogP contribution is 2.20. The zero-order chi connectivity index (χ0) is 14.6. The molecule has 0 spiro atoms. The molecule has 6 nitrogen and oxygen atoms in total. The van der Waals surface area contributed by atoms with Crippen molar-refractivity contribution < 1.29 is 4.79 Å². The first-order valence-electron chi connectivity index (χ1n) is 6.15. The number of primary amides is 1. The second-order valence-electron chi connectivity index (χ2n) is 5.78. The summed E-state index contributed by atoms with van der Waals surface area (Å²) in [5.74, 6) is -0.0544. The summed E-state index contributed by atoms with van der Waals surface area (Å²) < 4.78 is 0. The molecule has 1 heterocycles. The number of hydrogen-bond acceptors (Lipinski definition) is 5. The molecule has 0 aliphatic carbocycles. The lowest BCUT2D eigenvalue weighted by Crippen LogP contribution is -2.35. The van der Waals surface area contributed by atoms with Gasteiger partial charge in [-0.1, -0.05) is 13.8 Å². The van der Waals surface area contributed by atoms with Crippen molar-refractivity contribution in [1.82, 2.24) is 9.88 Å². The predicted molar refractivity (Wildman–Crippen MR) is 78.0 cm³/mol. The van der Waals surface area contributed by atoms with Crippen molar-refractivity contribution in [1.29, 1.82) is 0 Å². The number of hydrogen-bond donors (Lipinski definition) is 3. The van der Waals surface area contributed by atoms with E-state index in [9.17, 15) is 4.79 Å². The first-order chi connectivity index (χ1) is 8.71. The van der Waals surface area contributed by atoms with Crippen LogP contribution in [0.3, 0.4) is 0 Å². The van der Waals surface area contributed by atoms with E-state index in [2.05, 4.69) is 29.0 Å². The van der Waals surface area contributed by atoms with Crippen molar-refractivity contribution in [2.45, 2.75) is 13.8 Å². The van der Waals surface area contributed by atoms with Gasteiger partial charge in [0.25, 0.3) is 5.91 Å². The Morgan fingerprint density at radius 3 is 2.63 bits per heavy atom. The van der Waals surface area contributed by atoms with Crippen molar-refractivity contribution in [3.05, 3.63) is 17.8 Å². The Labute approximate surface area is 114 Å². The van der Waals surface area contributed by atoms with Gasteiger partial charge in [0.05, 0.1) is 17.4 Å². The third kappa shape index (κ3) is 4.75. The van der Waals surface area contributed by atoms with Crippen LogP contribution >= 0.6 is 0 Å². The van der Waals surface area contributed by atoms with Gasteiger partial charge in [-0.15, -0.1) is 0 Å². The quantitative estimate of drug-likeness (QED) is 0.705. The Balaban J connectivity index is 2.80. The summed E-state index contributed by atoms with van der Waals surface area (Å²) in [4.78, 5) is 17.6. The number of carbonyl (C=O) groups excluding carboxylic acids is 1. The molecule has 0 atom stereocenters. The van der Waals surface area contributed by atoms with E-state index in [1.54, 1.807) is 0 Å². The molecule has 106 valence electrons. The summed E-state index contributed by atoms with van der Waals surface area (Å²) in [5, 5.41) is 3.17. The molecule has 1 rings (SSSR count). The standard InChI is InChI=1S/C13H23N5O/c1-13(2,8-18(3)4)7-17-12-10(11(15)19)5-9(14)6-16-12/h5-6H,7-8,14H2,1-4H3,(H2,15,19)(H,16,17). The normalized spacial score (nSPS) is 11.6. The van der Waals surface area contributed by atoms with Gasteiger partial charge in [0.15, 0.2) is 0 Å². The van der Waals surface area contributed by atoms with Crippen LogP contribution in [0, 0.1) is 5.41 Å². The molecular formula is C13H23N5O. The highest BCUT2D eigenvalue weighted by molar-refractivity contribution is 5.98. The van der Waals surface area contributed by atoms with Crippen LogP contribution in [-0.2, 0) is 0 Å². The molecule has 0 bridgehead atoms. The van der Waals surface area contributed by atoms with Crippen LogP contribution in [0.15, 0.2) is 12.3 Å². The number of nitrogens with zero attached hydrogens (tertiary/aromatic N) is 2. The first kappa shape index (κ1) is 15.2. The molecule has 0 unspecified atom stereocenters. The Kier molecular flexibility index (Phi) is 4.72. The summed E-state index contributed by atoms with van der Waals surface area (Å²) in [6.07, 6.45) is 1.51. The lowest BCUT2D eigenvalue weighted by atomic mass is 9.93. The zero-order valence-corrected chi connectivity index (χ0v) is 12.0. The van der Waals surface area contributed by atoms with Crippen molar-refractivity contribution in [2.75, 3.05) is 38.2 Å². The number of anilines is 2. The van der Waals surface area contributed by atoms with Crippen molar-refractivity contribution in [2.24, 2.45) is 11.1 Å². The molecule has 1 amide bonds. The monoisotopic (exact) mass is 265 g/mol. The van der Waals surface area contributed by atoms with Crippen LogP contribution in [-0.4, -0.2) is 43.0 Å². The fourth-order valence-electron chi connectivity index (χ4n) is 2.04. The second kappa shape index (κ2) is 5.88. The molecule has 0 aliphatic heterocycles. The first-order valence-corrected chi connectivity index (χ1v) is 6.15. The van der Waals surface area contributed by atoms with E-state index < -0.39 is 5.91 Å². The molecule has 0 fully saturated rings. The summed E-state index contributed by atoms with van der Waals surface area (Å²) in [7, 11) is 4.05. The summed E-state index contributed by atoms with van der Waals surface area (Å²) in [6.45, 7) is 5.88. The number of rotatable bonds is 6. The fourth-order valence-corrected chi connectivity index (χ4v) is 2.04. The van der Waals surface area contributed by atoms with Crippen LogP contribution in [0.4, 0.5) is 11.5 Å². The van der Waals surface area contributed by atoms with Gasteiger partial charge in [-0.2, -0.15) is 0 Å². The summed E-state index contributed by atoms with van der Waals surface area (Å²) in [6, 6.07) is 1.54. The number of nitrogens with one attached hydrogen (secondary N) is 1. The minimum atomic E-state index is -0.535. The molecule has 6 heteroatoms. The molecule has 19 heavy (non-hydrogen) atoms. The third-order valence-electron chi connectivity index (χ3n) is 2.65. The topological polar surface area (TPSA) is 97.3 Å². The van der Waals surface area contributed by atoms with E-state index in [0.29, 0.717) is 23.6 Å². The summed E-state index contributed by atoms with van der Waals surface area (Å²) >= 11 is 0. The maximum Gasteiger partial charge on any atom is 0.252 e. The Morgan fingerprint density at radius 1 is 1.47 bits per heavy atom. The SMILES string of the molecule is CN(C)CC(C)(C)CNc1ncc(N)cc1C(N)=O. The molecule has 1 aromatic rings. The van der Waals surface area contributed by atoms with Gasteiger partial charge in [0.2, 0.25) is 0 Å². The van der Waals surface area contributed by atoms with E-state index >= 15 is 0 Å². The maximum atomic E-state index is 11.4. The van der Waals surface area contributed by atoms with Gasteiger partial charge in [0, 0.05) is 13.1 Å². The van der Waals surface area contributed by atoms with Gasteiger partial charge in [-0.05, 0) is 25.6 Å². The smallest absolute Gasteiger partial charge is 0.252 e. The van der Waals surface area contributed by atoms with Gasteiger partial charge in [0.1, 0.15) is 5.82 Å². The van der Waals surface area contributed by atoms with Crippen LogP contribution in [0.1, 0.15) is 24.2 Å². The predicted octanol–water partition coefficient (Wildman–Crippen LogP) is 0.762. The van der Waals surface area contributed by atoms with E-state index in [0.717, 1.165) is 6.54 Å². The number of carbonyl (C=O) groups is 1. The average Bonchev–Trinajstić information content (AvgIpc) is 2.25. The van der Waals surface area contributed by atoms with Crippen molar-refractivity contribution in [3.63, 3.8) is 0 Å². The second-order valence-corrected chi connectivity index (χ2v) is 5.78. The molecule has 0 aliphatic rings. The lowest BCUT2D eigenvalue weighted by Gasteiger charge is -2.28. The number of nitrogens with two attached hydrogens (primary N) is 2. The largest absolute Gasteiger partial charge is 0.397 e. The minimum Gasteiger partial charge on any atom is -0.397 e. The molecule has 1 aromatic heterocycles. The van der Waals surface area contributed by atoms with Gasteiger partial charge < -0.3 is 21.7 Å². The van der Waals surface area contributed by atoms with Crippen molar-refractivity contribution >= 4 is 17.4 Å². The molecule has 0 saturated heterocycles. The minimum absolute atomic E-state index is 0.0431. The lowest BCUT2D eigenvalue weighted by molar-refractivity contribution is 0.100. The van der Waals surface area contributed by atoms with Crippen molar-refractivity contribution in [3.8, 4) is 0 Å². The Hall–Kier alpha value is -1.82. The molecule has 5 N–H and O–H groups in total. The van der Waals surface area contributed by atoms with E-state index in [4.69, 9.17) is 11.5 Å². The highest BCUT2D eigenvalue weighted by Gasteiger charge is 2.20. The highest BCUT2D eigenvalue weighted by atomic mass is 16.1. The molecule has 0 radical (unpaired) electrons. The van der Waals surface area contributed by atoms with Gasteiger partial charge >= 0.3 is 0 Å². The van der Waals surface area contributed by atoms with E-state index in [1.165, 1.54) is 12.3 Å². The Bertz CT molecular complexity index is 456. The number of nitrogen functional groups attached to an aromatic ring is 1. The number of aromatic nitrogens is 1. The molecule has 0 saturated carbocycles. The van der Waals surface area contributed by atoms with Crippen LogP contribution in [0.5, 0.6) is 0 Å². The van der Waals surface area contributed by atoms with E-state index in [1.807, 2.05) is 14.1 Å². The van der Waals surface area contributed by atoms with Gasteiger partial charge in [-0.25, -0.2) is 4.98 Å². The third-order valence-corrected chi connectivity index (χ3v) is 2.65. The molecular weight excluding hydrogens is 242 g/mol. The van der Waals surface area contributed by atoms with Crippen LogP contribution in [0.25, 0.3) is 0 Å². The average molecular weight is 265 g/mol. The maximum absolute atomic E-state index is 11.4. The van der Waals surface area contributed by atoms with E-state index in [-0.39, 0.29) is 5.41 Å². The van der Waals surface area contributed by atoms with Gasteiger partial charge in [-0.3, -0.25) is 4.79 Å². The molecule has 0 aromatic carbocycles. The van der Waals surface area contributed by atoms with Crippen LogP contribution < -0.4 is 16.8 Å². The Morgan fingerprint density at radius 2 is 2.11 bits per heavy atom. The summed E-state index contributed by atoms with van der Waals surface area (Å²) in [5.41, 5.74) is 11.7. The number of amides is 1. The number of pyridine rings is 1.